The predicted molar refractivity (Wildman–Crippen MR) is 65.1 cm³/mol. The van der Waals surface area contributed by atoms with E-state index in [0.29, 0.717) is 5.92 Å². The number of thiophene rings is 1. The van der Waals surface area contributed by atoms with Gasteiger partial charge in [-0.3, -0.25) is 4.79 Å². The van der Waals surface area contributed by atoms with E-state index < -0.39 is 0 Å². The summed E-state index contributed by atoms with van der Waals surface area (Å²) in [6.07, 6.45) is 2.32. The van der Waals surface area contributed by atoms with Crippen molar-refractivity contribution in [1.29, 1.82) is 0 Å². The second-order valence-electron chi connectivity index (χ2n) is 4.11. The van der Waals surface area contributed by atoms with Gasteiger partial charge in [-0.1, -0.05) is 6.07 Å². The summed E-state index contributed by atoms with van der Waals surface area (Å²) in [6.45, 7) is 3.10. The molecule has 1 fully saturated rings. The Kier molecular flexibility index (Phi) is 4.51. The zero-order valence-electron chi connectivity index (χ0n) is 9.28. The lowest BCUT2D eigenvalue weighted by molar-refractivity contribution is 0.0642. The molecular weight excluding hydrogens is 222 g/mol. The van der Waals surface area contributed by atoms with Crippen molar-refractivity contribution in [3.63, 3.8) is 0 Å². The fourth-order valence-corrected chi connectivity index (χ4v) is 2.53. The smallest absolute Gasteiger partial charge is 0.198 e. The highest BCUT2D eigenvalue weighted by Crippen LogP contribution is 2.13. The van der Waals surface area contributed by atoms with Crippen LogP contribution in [0.3, 0.4) is 0 Å². The van der Waals surface area contributed by atoms with Crippen molar-refractivity contribution >= 4 is 17.1 Å². The largest absolute Gasteiger partial charge is 0.373 e. The number of carbonyl (C=O) groups is 1. The molecule has 0 bridgehead atoms. The maximum atomic E-state index is 11.6. The molecule has 0 saturated carbocycles. The Morgan fingerprint density at radius 3 is 3.00 bits per heavy atom. The summed E-state index contributed by atoms with van der Waals surface area (Å²) in [5, 5.41) is 5.23. The first kappa shape index (κ1) is 11.8. The van der Waals surface area contributed by atoms with Crippen molar-refractivity contribution in [2.75, 3.05) is 26.3 Å². The van der Waals surface area contributed by atoms with Crippen LogP contribution in [0.1, 0.15) is 22.5 Å². The molecule has 1 aliphatic heterocycles. The summed E-state index contributed by atoms with van der Waals surface area (Å²) in [7, 11) is 0. The number of carbonyl (C=O) groups excluding carboxylic acids is 1. The van der Waals surface area contributed by atoms with Crippen molar-refractivity contribution < 1.29 is 9.53 Å². The fourth-order valence-electron chi connectivity index (χ4n) is 1.88. The van der Waals surface area contributed by atoms with E-state index in [4.69, 9.17) is 4.74 Å². The molecule has 2 heterocycles. The number of piperidine rings is 1. The Labute approximate surface area is 99.8 Å². The van der Waals surface area contributed by atoms with E-state index >= 15 is 0 Å². The summed E-state index contributed by atoms with van der Waals surface area (Å²) in [5.41, 5.74) is 0. The highest BCUT2D eigenvalue weighted by Gasteiger charge is 2.14. The van der Waals surface area contributed by atoms with Gasteiger partial charge in [0.2, 0.25) is 0 Å². The maximum absolute atomic E-state index is 11.6. The van der Waals surface area contributed by atoms with Crippen LogP contribution in [0.2, 0.25) is 0 Å². The van der Waals surface area contributed by atoms with Crippen molar-refractivity contribution in [3.8, 4) is 0 Å². The number of hydrogen-bond donors (Lipinski definition) is 1. The quantitative estimate of drug-likeness (QED) is 0.798. The fraction of sp³-hybridized carbons (Fsp3) is 0.583. The zero-order chi connectivity index (χ0) is 11.2. The third-order valence-corrected chi connectivity index (χ3v) is 3.75. The Hall–Kier alpha value is -0.710. The standard InChI is InChI=1S/C12H17NO2S/c14-11(12-2-1-7-16-12)9-15-8-10-3-5-13-6-4-10/h1-2,7,10,13H,3-6,8-9H2. The third-order valence-electron chi connectivity index (χ3n) is 2.84. The Morgan fingerprint density at radius 1 is 1.50 bits per heavy atom. The molecule has 1 aromatic rings. The van der Waals surface area contributed by atoms with Crippen LogP contribution in [0, 0.1) is 5.92 Å². The maximum Gasteiger partial charge on any atom is 0.198 e. The van der Waals surface area contributed by atoms with Crippen LogP contribution < -0.4 is 5.32 Å². The predicted octanol–water partition coefficient (Wildman–Crippen LogP) is 1.95. The Balaban J connectivity index is 1.66. The molecular formula is C12H17NO2S. The normalized spacial score (nSPS) is 17.5. The lowest BCUT2D eigenvalue weighted by Crippen LogP contribution is -2.30. The number of ketones is 1. The van der Waals surface area contributed by atoms with Gasteiger partial charge in [0, 0.05) is 0 Å². The summed E-state index contributed by atoms with van der Waals surface area (Å²) in [5.74, 6) is 0.723. The van der Waals surface area contributed by atoms with E-state index in [9.17, 15) is 4.79 Å². The number of nitrogens with one attached hydrogen (secondary N) is 1. The molecule has 0 amide bonds. The van der Waals surface area contributed by atoms with Gasteiger partial charge in [-0.05, 0) is 43.3 Å². The average molecular weight is 239 g/mol. The van der Waals surface area contributed by atoms with Gasteiger partial charge in [-0.2, -0.15) is 0 Å². The van der Waals surface area contributed by atoms with E-state index in [1.165, 1.54) is 11.3 Å². The van der Waals surface area contributed by atoms with Crippen molar-refractivity contribution in [3.05, 3.63) is 22.4 Å². The molecule has 16 heavy (non-hydrogen) atoms. The van der Waals surface area contributed by atoms with E-state index in [-0.39, 0.29) is 12.4 Å². The first-order valence-electron chi connectivity index (χ1n) is 5.71. The number of hydrogen-bond acceptors (Lipinski definition) is 4. The van der Waals surface area contributed by atoms with Crippen molar-refractivity contribution in [1.82, 2.24) is 5.32 Å². The minimum atomic E-state index is 0.101. The van der Waals surface area contributed by atoms with E-state index in [1.807, 2.05) is 17.5 Å². The first-order valence-corrected chi connectivity index (χ1v) is 6.59. The van der Waals surface area contributed by atoms with Gasteiger partial charge < -0.3 is 10.1 Å². The highest BCUT2D eigenvalue weighted by molar-refractivity contribution is 7.12. The second-order valence-corrected chi connectivity index (χ2v) is 5.06. The molecule has 4 heteroatoms. The topological polar surface area (TPSA) is 38.3 Å². The molecule has 1 aromatic heterocycles. The van der Waals surface area contributed by atoms with Crippen molar-refractivity contribution in [2.24, 2.45) is 5.92 Å². The summed E-state index contributed by atoms with van der Waals surface area (Å²) < 4.78 is 5.49. The van der Waals surface area contributed by atoms with E-state index in [1.54, 1.807) is 0 Å². The summed E-state index contributed by atoms with van der Waals surface area (Å²) in [4.78, 5) is 12.4. The van der Waals surface area contributed by atoms with E-state index in [0.717, 1.165) is 37.4 Å². The first-order chi connectivity index (χ1) is 7.86. The zero-order valence-corrected chi connectivity index (χ0v) is 10.1. The Bertz CT molecular complexity index is 318. The van der Waals surface area contributed by atoms with Crippen LogP contribution in [-0.2, 0) is 4.74 Å². The number of ether oxygens (including phenoxy) is 1. The van der Waals surface area contributed by atoms with Gasteiger partial charge in [0.1, 0.15) is 6.61 Å². The Morgan fingerprint density at radius 2 is 2.31 bits per heavy atom. The molecule has 1 N–H and O–H groups in total. The monoisotopic (exact) mass is 239 g/mol. The lowest BCUT2D eigenvalue weighted by atomic mass is 9.99. The minimum absolute atomic E-state index is 0.101. The molecule has 0 spiro atoms. The van der Waals surface area contributed by atoms with Crippen LogP contribution in [0.15, 0.2) is 17.5 Å². The van der Waals surface area contributed by atoms with E-state index in [2.05, 4.69) is 5.32 Å². The third kappa shape index (κ3) is 3.40. The molecule has 0 atom stereocenters. The molecule has 1 aliphatic rings. The van der Waals surface area contributed by atoms with Gasteiger partial charge in [0.25, 0.3) is 0 Å². The average Bonchev–Trinajstić information content (AvgIpc) is 2.84. The van der Waals surface area contributed by atoms with Gasteiger partial charge in [0.15, 0.2) is 5.78 Å². The lowest BCUT2D eigenvalue weighted by Gasteiger charge is -2.22. The molecule has 88 valence electrons. The van der Waals surface area contributed by atoms with Crippen LogP contribution >= 0.6 is 11.3 Å². The van der Waals surface area contributed by atoms with Gasteiger partial charge in [0.05, 0.1) is 11.5 Å². The SMILES string of the molecule is O=C(COCC1CCNCC1)c1cccs1. The van der Waals surface area contributed by atoms with Gasteiger partial charge >= 0.3 is 0 Å². The summed E-state index contributed by atoms with van der Waals surface area (Å²) >= 11 is 1.48. The number of Topliss-reactive ketones (excluding diaryl/α,β-unsaturated/α-hetero) is 1. The van der Waals surface area contributed by atoms with Crippen molar-refractivity contribution in [2.45, 2.75) is 12.8 Å². The second kappa shape index (κ2) is 6.13. The summed E-state index contributed by atoms with van der Waals surface area (Å²) in [6, 6.07) is 3.74. The molecule has 0 aliphatic carbocycles. The van der Waals surface area contributed by atoms with Crippen LogP contribution in [0.5, 0.6) is 0 Å². The molecule has 0 radical (unpaired) electrons. The molecule has 1 saturated heterocycles. The van der Waals surface area contributed by atoms with Gasteiger partial charge in [-0.25, -0.2) is 0 Å². The van der Waals surface area contributed by atoms with Crippen LogP contribution in [0.4, 0.5) is 0 Å². The molecule has 0 unspecified atom stereocenters. The number of rotatable bonds is 5. The molecule has 2 rings (SSSR count). The molecule has 0 aromatic carbocycles. The minimum Gasteiger partial charge on any atom is -0.373 e. The van der Waals surface area contributed by atoms with Gasteiger partial charge in [-0.15, -0.1) is 11.3 Å². The van der Waals surface area contributed by atoms with Crippen LogP contribution in [-0.4, -0.2) is 32.1 Å². The molecule has 3 nitrogen and oxygen atoms in total. The van der Waals surface area contributed by atoms with Crippen LogP contribution in [0.25, 0.3) is 0 Å². The highest BCUT2D eigenvalue weighted by atomic mass is 32.1.